The minimum absolute atomic E-state index is 0.656. The Morgan fingerprint density at radius 3 is 2.39 bits per heavy atom. The maximum Gasteiger partial charge on any atom is 0.253 e. The lowest BCUT2D eigenvalue weighted by molar-refractivity contribution is 0.888. The van der Waals surface area contributed by atoms with Crippen LogP contribution < -0.4 is 0 Å². The molecule has 4 heteroatoms. The average Bonchev–Trinajstić information content (AvgIpc) is 2.74. The second-order valence-corrected chi connectivity index (χ2v) is 4.55. The Labute approximate surface area is 105 Å². The van der Waals surface area contributed by atoms with Gasteiger partial charge in [-0.3, -0.25) is 0 Å². The maximum absolute atomic E-state index is 4.50. The number of fused-ring (bicyclic) bond motifs is 1. The summed E-state index contributed by atoms with van der Waals surface area (Å²) in [6, 6.07) is 10.2. The first kappa shape index (κ1) is 10.9. The number of nitrogens with zero attached hydrogens (tertiary/aromatic N) is 4. The Bertz CT molecular complexity index is 710. The molecule has 0 N–H and O–H groups in total. The zero-order valence-electron chi connectivity index (χ0n) is 10.7. The number of aryl methyl sites for hydroxylation is 3. The third kappa shape index (κ3) is 1.76. The van der Waals surface area contributed by atoms with Crippen LogP contribution in [0.3, 0.4) is 0 Å². The molecule has 0 aliphatic heterocycles. The molecule has 0 aliphatic rings. The highest BCUT2D eigenvalue weighted by Crippen LogP contribution is 2.17. The van der Waals surface area contributed by atoms with Gasteiger partial charge in [-0.2, -0.15) is 4.98 Å². The normalized spacial score (nSPS) is 11.1. The van der Waals surface area contributed by atoms with Crippen molar-refractivity contribution < 1.29 is 0 Å². The molecular weight excluding hydrogens is 224 g/mol. The average molecular weight is 238 g/mol. The van der Waals surface area contributed by atoms with Gasteiger partial charge in [0, 0.05) is 17.0 Å². The number of rotatable bonds is 1. The lowest BCUT2D eigenvalue weighted by Gasteiger charge is -1.97. The molecule has 4 nitrogen and oxygen atoms in total. The Hall–Kier alpha value is -2.23. The highest BCUT2D eigenvalue weighted by atomic mass is 15.3. The van der Waals surface area contributed by atoms with E-state index in [1.165, 1.54) is 5.56 Å². The predicted octanol–water partition coefficient (Wildman–Crippen LogP) is 2.72. The summed E-state index contributed by atoms with van der Waals surface area (Å²) >= 11 is 0. The van der Waals surface area contributed by atoms with Gasteiger partial charge in [0.15, 0.2) is 5.82 Å². The van der Waals surface area contributed by atoms with Gasteiger partial charge >= 0.3 is 0 Å². The smallest absolute Gasteiger partial charge is 0.216 e. The van der Waals surface area contributed by atoms with Crippen LogP contribution in [-0.2, 0) is 0 Å². The molecule has 0 atom stereocenters. The number of aromatic nitrogens is 4. The van der Waals surface area contributed by atoms with Gasteiger partial charge in [0.1, 0.15) is 0 Å². The predicted molar refractivity (Wildman–Crippen MR) is 70.4 cm³/mol. The van der Waals surface area contributed by atoms with Crippen LogP contribution in [0, 0.1) is 20.8 Å². The van der Waals surface area contributed by atoms with E-state index in [4.69, 9.17) is 0 Å². The van der Waals surface area contributed by atoms with Crippen molar-refractivity contribution in [3.63, 3.8) is 0 Å². The monoisotopic (exact) mass is 238 g/mol. The van der Waals surface area contributed by atoms with Gasteiger partial charge in [-0.1, -0.05) is 29.8 Å². The maximum atomic E-state index is 4.50. The third-order valence-electron chi connectivity index (χ3n) is 2.93. The van der Waals surface area contributed by atoms with Crippen LogP contribution in [0.5, 0.6) is 0 Å². The second kappa shape index (κ2) is 3.91. The van der Waals surface area contributed by atoms with E-state index < -0.39 is 0 Å². The van der Waals surface area contributed by atoms with Gasteiger partial charge in [0.05, 0.1) is 0 Å². The van der Waals surface area contributed by atoms with Crippen molar-refractivity contribution in [2.24, 2.45) is 0 Å². The van der Waals surface area contributed by atoms with Crippen molar-refractivity contribution in [1.29, 1.82) is 0 Å². The van der Waals surface area contributed by atoms with Crippen LogP contribution in [0.15, 0.2) is 30.3 Å². The largest absolute Gasteiger partial charge is 0.253 e. The standard InChI is InChI=1S/C14H14N4/c1-9-4-6-12(7-5-9)13-16-14-15-10(2)8-11(3)18(14)17-13/h4-8H,1-3H3. The first-order valence-corrected chi connectivity index (χ1v) is 5.91. The molecule has 0 saturated heterocycles. The van der Waals surface area contributed by atoms with Gasteiger partial charge in [0.2, 0.25) is 0 Å². The zero-order valence-corrected chi connectivity index (χ0v) is 10.7. The summed E-state index contributed by atoms with van der Waals surface area (Å²) in [6.07, 6.45) is 0. The third-order valence-corrected chi connectivity index (χ3v) is 2.93. The van der Waals surface area contributed by atoms with Gasteiger partial charge in [-0.25, -0.2) is 9.50 Å². The van der Waals surface area contributed by atoms with Crippen molar-refractivity contribution >= 4 is 5.78 Å². The minimum atomic E-state index is 0.656. The summed E-state index contributed by atoms with van der Waals surface area (Å²) < 4.78 is 1.78. The molecule has 0 unspecified atom stereocenters. The highest BCUT2D eigenvalue weighted by Gasteiger charge is 2.09. The van der Waals surface area contributed by atoms with Crippen molar-refractivity contribution in [2.45, 2.75) is 20.8 Å². The molecule has 0 amide bonds. The SMILES string of the molecule is Cc1ccc(-c2nc3nc(C)cc(C)n3n2)cc1. The molecule has 90 valence electrons. The van der Waals surface area contributed by atoms with E-state index in [9.17, 15) is 0 Å². The molecule has 0 saturated carbocycles. The van der Waals surface area contributed by atoms with Crippen LogP contribution in [0.2, 0.25) is 0 Å². The summed E-state index contributed by atoms with van der Waals surface area (Å²) in [5, 5.41) is 4.50. The van der Waals surface area contributed by atoms with E-state index in [1.54, 1.807) is 4.52 Å². The number of hydrogen-bond donors (Lipinski definition) is 0. The first-order chi connectivity index (χ1) is 8.63. The van der Waals surface area contributed by atoms with E-state index >= 15 is 0 Å². The Morgan fingerprint density at radius 2 is 1.67 bits per heavy atom. The lowest BCUT2D eigenvalue weighted by atomic mass is 10.1. The fourth-order valence-electron chi connectivity index (χ4n) is 1.99. The van der Waals surface area contributed by atoms with Crippen molar-refractivity contribution in [2.75, 3.05) is 0 Å². The number of benzene rings is 1. The van der Waals surface area contributed by atoms with E-state index in [0.717, 1.165) is 22.8 Å². The fraction of sp³-hybridized carbons (Fsp3) is 0.214. The summed E-state index contributed by atoms with van der Waals surface area (Å²) in [4.78, 5) is 8.86. The van der Waals surface area contributed by atoms with E-state index in [2.05, 4.69) is 34.1 Å². The van der Waals surface area contributed by atoms with Gasteiger partial charge < -0.3 is 0 Å². The minimum Gasteiger partial charge on any atom is -0.216 e. The molecule has 0 spiro atoms. The van der Waals surface area contributed by atoms with Gasteiger partial charge in [-0.05, 0) is 26.8 Å². The van der Waals surface area contributed by atoms with Crippen molar-refractivity contribution in [3.05, 3.63) is 47.3 Å². The molecule has 2 heterocycles. The van der Waals surface area contributed by atoms with E-state index in [1.807, 2.05) is 32.0 Å². The van der Waals surface area contributed by atoms with Crippen LogP contribution in [0.4, 0.5) is 0 Å². The van der Waals surface area contributed by atoms with Crippen LogP contribution in [0.25, 0.3) is 17.2 Å². The summed E-state index contributed by atoms with van der Waals surface area (Å²) in [5.74, 6) is 1.37. The molecule has 0 bridgehead atoms. The fourth-order valence-corrected chi connectivity index (χ4v) is 1.99. The Balaban J connectivity index is 2.19. The highest BCUT2D eigenvalue weighted by molar-refractivity contribution is 5.57. The summed E-state index contributed by atoms with van der Waals surface area (Å²) in [6.45, 7) is 6.04. The van der Waals surface area contributed by atoms with Crippen molar-refractivity contribution in [1.82, 2.24) is 19.6 Å². The lowest BCUT2D eigenvalue weighted by Crippen LogP contribution is -1.97. The van der Waals surface area contributed by atoms with Crippen LogP contribution in [-0.4, -0.2) is 19.6 Å². The zero-order chi connectivity index (χ0) is 12.7. The molecule has 2 aromatic heterocycles. The van der Waals surface area contributed by atoms with Crippen LogP contribution >= 0.6 is 0 Å². The molecule has 3 aromatic rings. The van der Waals surface area contributed by atoms with E-state index in [0.29, 0.717) is 5.78 Å². The first-order valence-electron chi connectivity index (χ1n) is 5.91. The molecule has 0 radical (unpaired) electrons. The van der Waals surface area contributed by atoms with Crippen LogP contribution in [0.1, 0.15) is 17.0 Å². The topological polar surface area (TPSA) is 43.1 Å². The van der Waals surface area contributed by atoms with Gasteiger partial charge in [0.25, 0.3) is 5.78 Å². The van der Waals surface area contributed by atoms with Crippen molar-refractivity contribution in [3.8, 4) is 11.4 Å². The van der Waals surface area contributed by atoms with E-state index in [-0.39, 0.29) is 0 Å². The Morgan fingerprint density at radius 1 is 0.944 bits per heavy atom. The summed E-state index contributed by atoms with van der Waals surface area (Å²) in [5.41, 5.74) is 4.25. The summed E-state index contributed by atoms with van der Waals surface area (Å²) in [7, 11) is 0. The van der Waals surface area contributed by atoms with Gasteiger partial charge in [-0.15, -0.1) is 5.10 Å². The number of hydrogen-bond acceptors (Lipinski definition) is 3. The molecule has 3 rings (SSSR count). The Kier molecular flexibility index (Phi) is 2.37. The molecule has 18 heavy (non-hydrogen) atoms. The molecule has 0 fully saturated rings. The quantitative estimate of drug-likeness (QED) is 0.654. The molecular formula is C14H14N4. The second-order valence-electron chi connectivity index (χ2n) is 4.55. The molecule has 0 aliphatic carbocycles. The molecule has 1 aromatic carbocycles.